The van der Waals surface area contributed by atoms with Gasteiger partial charge in [0.2, 0.25) is 0 Å². The molecule has 3 heteroatoms. The van der Waals surface area contributed by atoms with E-state index in [1.807, 2.05) is 24.3 Å². The molecule has 66 valence electrons. The minimum Gasteiger partial charge on any atom is -0.396 e. The van der Waals surface area contributed by atoms with Crippen LogP contribution in [0.1, 0.15) is 18.1 Å². The highest BCUT2D eigenvalue weighted by Crippen LogP contribution is 2.18. The first-order valence-electron chi connectivity index (χ1n) is 3.78. The summed E-state index contributed by atoms with van der Waals surface area (Å²) in [4.78, 5) is 0. The zero-order chi connectivity index (χ0) is 8.97. The van der Waals surface area contributed by atoms with Gasteiger partial charge in [-0.3, -0.25) is 0 Å². The van der Waals surface area contributed by atoms with Crippen LogP contribution in [-0.2, 0) is 0 Å². The molecule has 0 saturated heterocycles. The van der Waals surface area contributed by atoms with Gasteiger partial charge in [-0.2, -0.15) is 0 Å². The smallest absolute Gasteiger partial charge is 0.0811 e. The maximum absolute atomic E-state index is 9.44. The molecule has 0 aliphatic rings. The lowest BCUT2D eigenvalue weighted by Gasteiger charge is -2.08. The maximum Gasteiger partial charge on any atom is 0.0811 e. The van der Waals surface area contributed by atoms with Gasteiger partial charge < -0.3 is 10.2 Å². The quantitative estimate of drug-likeness (QED) is 0.833. The van der Waals surface area contributed by atoms with Crippen molar-refractivity contribution >= 4 is 15.9 Å². The lowest BCUT2D eigenvalue weighted by atomic mass is 10.1. The predicted octanol–water partition coefficient (Wildman–Crippen LogP) is 1.86. The molecule has 12 heavy (non-hydrogen) atoms. The van der Waals surface area contributed by atoms with Gasteiger partial charge in [0.1, 0.15) is 0 Å². The van der Waals surface area contributed by atoms with Crippen molar-refractivity contribution in [1.82, 2.24) is 0 Å². The van der Waals surface area contributed by atoms with E-state index in [2.05, 4.69) is 15.9 Å². The van der Waals surface area contributed by atoms with Crippen molar-refractivity contribution in [3.63, 3.8) is 0 Å². The fourth-order valence-electron chi connectivity index (χ4n) is 0.974. The van der Waals surface area contributed by atoms with Gasteiger partial charge in [0.05, 0.1) is 6.10 Å². The molecular formula is C9H11BrO2. The summed E-state index contributed by atoms with van der Waals surface area (Å²) in [7, 11) is 0. The minimum atomic E-state index is -0.553. The van der Waals surface area contributed by atoms with Gasteiger partial charge in [-0.05, 0) is 17.7 Å². The molecule has 0 bridgehead atoms. The standard InChI is InChI=1S/C9H11BrO2/c10-8-3-1-7(2-4-8)9(12)5-6-11/h1-4,9,11-12H,5-6H2/t9-/m1/s1. The molecule has 2 nitrogen and oxygen atoms in total. The van der Waals surface area contributed by atoms with Gasteiger partial charge in [0, 0.05) is 17.5 Å². The van der Waals surface area contributed by atoms with E-state index in [0.717, 1.165) is 10.0 Å². The first-order valence-corrected chi connectivity index (χ1v) is 4.57. The molecule has 1 atom stereocenters. The Hall–Kier alpha value is -0.380. The van der Waals surface area contributed by atoms with E-state index in [-0.39, 0.29) is 6.61 Å². The molecule has 0 aliphatic carbocycles. The Balaban J connectivity index is 2.68. The average molecular weight is 231 g/mol. The van der Waals surface area contributed by atoms with Crippen LogP contribution in [0.3, 0.4) is 0 Å². The van der Waals surface area contributed by atoms with Gasteiger partial charge in [-0.1, -0.05) is 28.1 Å². The van der Waals surface area contributed by atoms with Crippen molar-refractivity contribution in [2.24, 2.45) is 0 Å². The molecule has 0 unspecified atom stereocenters. The molecular weight excluding hydrogens is 220 g/mol. The molecule has 0 heterocycles. The fourth-order valence-corrected chi connectivity index (χ4v) is 1.24. The summed E-state index contributed by atoms with van der Waals surface area (Å²) < 4.78 is 0.988. The van der Waals surface area contributed by atoms with E-state index in [0.29, 0.717) is 6.42 Å². The fraction of sp³-hybridized carbons (Fsp3) is 0.333. The average Bonchev–Trinajstić information content (AvgIpc) is 2.06. The lowest BCUT2D eigenvalue weighted by molar-refractivity contribution is 0.134. The Morgan fingerprint density at radius 1 is 1.25 bits per heavy atom. The zero-order valence-corrected chi connectivity index (χ0v) is 8.16. The van der Waals surface area contributed by atoms with E-state index in [1.54, 1.807) is 0 Å². The maximum atomic E-state index is 9.44. The molecule has 0 fully saturated rings. The SMILES string of the molecule is OCC[C@@H](O)c1ccc(Br)cc1. The third-order valence-corrected chi connectivity index (χ3v) is 2.19. The monoisotopic (exact) mass is 230 g/mol. The van der Waals surface area contributed by atoms with Crippen molar-refractivity contribution in [3.8, 4) is 0 Å². The van der Waals surface area contributed by atoms with Gasteiger partial charge in [0.25, 0.3) is 0 Å². The highest BCUT2D eigenvalue weighted by atomic mass is 79.9. The molecule has 0 aromatic heterocycles. The van der Waals surface area contributed by atoms with Crippen LogP contribution in [0.2, 0.25) is 0 Å². The Morgan fingerprint density at radius 2 is 1.83 bits per heavy atom. The molecule has 0 saturated carbocycles. The zero-order valence-electron chi connectivity index (χ0n) is 6.57. The summed E-state index contributed by atoms with van der Waals surface area (Å²) in [6.07, 6.45) is -0.162. The van der Waals surface area contributed by atoms with Crippen molar-refractivity contribution in [3.05, 3.63) is 34.3 Å². The van der Waals surface area contributed by atoms with Crippen LogP contribution in [0.5, 0.6) is 0 Å². The molecule has 1 aromatic rings. The molecule has 0 aliphatic heterocycles. The number of aliphatic hydroxyl groups is 2. The number of aliphatic hydroxyl groups excluding tert-OH is 2. The normalized spacial score (nSPS) is 12.9. The van der Waals surface area contributed by atoms with Crippen molar-refractivity contribution in [2.45, 2.75) is 12.5 Å². The number of hydrogen-bond acceptors (Lipinski definition) is 2. The summed E-state index contributed by atoms with van der Waals surface area (Å²) in [6, 6.07) is 7.42. The third kappa shape index (κ3) is 2.59. The van der Waals surface area contributed by atoms with Crippen LogP contribution in [-0.4, -0.2) is 16.8 Å². The first-order chi connectivity index (χ1) is 5.74. The summed E-state index contributed by atoms with van der Waals surface area (Å²) in [6.45, 7) is 0.0111. The Bertz CT molecular complexity index is 233. The van der Waals surface area contributed by atoms with E-state index >= 15 is 0 Å². The number of hydrogen-bond donors (Lipinski definition) is 2. The van der Waals surface area contributed by atoms with Gasteiger partial charge >= 0.3 is 0 Å². The van der Waals surface area contributed by atoms with Crippen LogP contribution in [0.15, 0.2) is 28.7 Å². The number of halogens is 1. The first kappa shape index (κ1) is 9.71. The highest BCUT2D eigenvalue weighted by molar-refractivity contribution is 9.10. The molecule has 0 spiro atoms. The second-order valence-corrected chi connectivity index (χ2v) is 3.50. The van der Waals surface area contributed by atoms with Crippen LogP contribution < -0.4 is 0 Å². The van der Waals surface area contributed by atoms with E-state index < -0.39 is 6.10 Å². The third-order valence-electron chi connectivity index (χ3n) is 1.66. The van der Waals surface area contributed by atoms with E-state index in [1.165, 1.54) is 0 Å². The number of rotatable bonds is 3. The summed E-state index contributed by atoms with van der Waals surface area (Å²) in [5, 5.41) is 18.0. The Labute approximate surface area is 80.0 Å². The van der Waals surface area contributed by atoms with Gasteiger partial charge in [0.15, 0.2) is 0 Å². The highest BCUT2D eigenvalue weighted by Gasteiger charge is 2.05. The van der Waals surface area contributed by atoms with E-state index in [9.17, 15) is 5.11 Å². The van der Waals surface area contributed by atoms with Crippen LogP contribution in [0.25, 0.3) is 0 Å². The lowest BCUT2D eigenvalue weighted by Crippen LogP contribution is -1.99. The van der Waals surface area contributed by atoms with Crippen LogP contribution in [0, 0.1) is 0 Å². The molecule has 1 aromatic carbocycles. The Morgan fingerprint density at radius 3 is 2.33 bits per heavy atom. The molecule has 0 amide bonds. The van der Waals surface area contributed by atoms with Crippen LogP contribution >= 0.6 is 15.9 Å². The number of benzene rings is 1. The van der Waals surface area contributed by atoms with Crippen molar-refractivity contribution in [1.29, 1.82) is 0 Å². The summed E-state index contributed by atoms with van der Waals surface area (Å²) in [5.41, 5.74) is 0.840. The summed E-state index contributed by atoms with van der Waals surface area (Å²) in [5.74, 6) is 0. The van der Waals surface area contributed by atoms with Crippen molar-refractivity contribution in [2.75, 3.05) is 6.61 Å². The van der Waals surface area contributed by atoms with Crippen molar-refractivity contribution < 1.29 is 10.2 Å². The largest absolute Gasteiger partial charge is 0.396 e. The van der Waals surface area contributed by atoms with Crippen LogP contribution in [0.4, 0.5) is 0 Å². The Kier molecular flexibility index (Phi) is 3.72. The molecule has 0 radical (unpaired) electrons. The van der Waals surface area contributed by atoms with Gasteiger partial charge in [-0.25, -0.2) is 0 Å². The predicted molar refractivity (Wildman–Crippen MR) is 50.8 cm³/mol. The topological polar surface area (TPSA) is 40.5 Å². The second kappa shape index (κ2) is 4.60. The second-order valence-electron chi connectivity index (χ2n) is 2.58. The van der Waals surface area contributed by atoms with E-state index in [4.69, 9.17) is 5.11 Å². The molecule has 1 rings (SSSR count). The summed E-state index contributed by atoms with van der Waals surface area (Å²) >= 11 is 3.30. The molecule has 2 N–H and O–H groups in total. The minimum absolute atomic E-state index is 0.0111. The van der Waals surface area contributed by atoms with Gasteiger partial charge in [-0.15, -0.1) is 0 Å².